The van der Waals surface area contributed by atoms with E-state index in [9.17, 15) is 4.79 Å². The summed E-state index contributed by atoms with van der Waals surface area (Å²) in [6.07, 6.45) is 8.02. The Morgan fingerprint density at radius 1 is 1.12 bits per heavy atom. The highest BCUT2D eigenvalue weighted by molar-refractivity contribution is 5.87. The fourth-order valence-corrected chi connectivity index (χ4v) is 6.51. The van der Waals surface area contributed by atoms with E-state index < -0.39 is 0 Å². The molecule has 4 saturated carbocycles. The molecule has 1 aromatic heterocycles. The van der Waals surface area contributed by atoms with Gasteiger partial charge in [-0.3, -0.25) is 4.57 Å². The van der Waals surface area contributed by atoms with Gasteiger partial charge in [0, 0.05) is 11.4 Å². The van der Waals surface area contributed by atoms with Gasteiger partial charge >= 0.3 is 5.69 Å². The first-order valence-electron chi connectivity index (χ1n) is 9.32. The monoisotopic (exact) mass is 323 g/mol. The van der Waals surface area contributed by atoms with Crippen molar-refractivity contribution in [3.8, 4) is 0 Å². The van der Waals surface area contributed by atoms with E-state index in [1.54, 1.807) is 4.57 Å². The highest BCUT2D eigenvalue weighted by atomic mass is 16.1. The summed E-state index contributed by atoms with van der Waals surface area (Å²) in [4.78, 5) is 17.1. The molecule has 1 heterocycles. The van der Waals surface area contributed by atoms with Gasteiger partial charge in [-0.1, -0.05) is 12.1 Å². The van der Waals surface area contributed by atoms with Gasteiger partial charge in [-0.2, -0.15) is 4.98 Å². The summed E-state index contributed by atoms with van der Waals surface area (Å²) >= 11 is 0. The summed E-state index contributed by atoms with van der Waals surface area (Å²) in [5.41, 5.74) is 7.23. The van der Waals surface area contributed by atoms with Gasteiger partial charge in [0.25, 0.3) is 0 Å². The molecule has 6 rings (SSSR count). The first-order valence-corrected chi connectivity index (χ1v) is 9.32. The number of rotatable bonds is 2. The number of hydrogen-bond donors (Lipinski definition) is 1. The quantitative estimate of drug-likeness (QED) is 0.915. The van der Waals surface area contributed by atoms with Crippen LogP contribution in [-0.4, -0.2) is 9.55 Å². The van der Waals surface area contributed by atoms with Crippen LogP contribution >= 0.6 is 0 Å². The van der Waals surface area contributed by atoms with Gasteiger partial charge in [-0.05, 0) is 80.8 Å². The second kappa shape index (κ2) is 4.84. The lowest BCUT2D eigenvalue weighted by Gasteiger charge is -2.59. The molecule has 2 N–H and O–H groups in total. The van der Waals surface area contributed by atoms with Crippen molar-refractivity contribution in [2.75, 3.05) is 5.73 Å². The van der Waals surface area contributed by atoms with Crippen LogP contribution in [0.3, 0.4) is 0 Å². The predicted molar refractivity (Wildman–Crippen MR) is 95.7 cm³/mol. The Hall–Kier alpha value is -1.84. The maximum atomic E-state index is 12.8. The zero-order valence-corrected chi connectivity index (χ0v) is 14.2. The number of hydrogen-bond acceptors (Lipinski definition) is 3. The van der Waals surface area contributed by atoms with Crippen LogP contribution in [0.4, 0.5) is 5.82 Å². The lowest BCUT2D eigenvalue weighted by Crippen LogP contribution is -2.51. The number of nitrogens with two attached hydrogens (primary N) is 1. The maximum Gasteiger partial charge on any atom is 0.349 e. The summed E-state index contributed by atoms with van der Waals surface area (Å²) in [6.45, 7) is 2.21. The van der Waals surface area contributed by atoms with Crippen LogP contribution in [0.2, 0.25) is 0 Å². The fraction of sp³-hybridized carbons (Fsp3) is 0.600. The lowest BCUT2D eigenvalue weighted by molar-refractivity contribution is -0.0791. The minimum absolute atomic E-state index is 0.135. The lowest BCUT2D eigenvalue weighted by atomic mass is 9.48. The van der Waals surface area contributed by atoms with E-state index >= 15 is 0 Å². The molecule has 0 unspecified atom stereocenters. The number of nitrogens with zero attached hydrogens (tertiary/aromatic N) is 2. The smallest absolute Gasteiger partial charge is 0.349 e. The van der Waals surface area contributed by atoms with Crippen molar-refractivity contribution >= 4 is 16.7 Å². The fourth-order valence-electron chi connectivity index (χ4n) is 6.51. The molecule has 0 aliphatic heterocycles. The zero-order valence-electron chi connectivity index (χ0n) is 14.2. The Bertz CT molecular complexity index is 834. The molecular weight excluding hydrogens is 298 g/mol. The summed E-state index contributed by atoms with van der Waals surface area (Å²) in [6, 6.07) is 7.84. The molecule has 0 saturated heterocycles. The van der Waals surface area contributed by atoms with Crippen molar-refractivity contribution in [2.24, 2.45) is 23.2 Å². The van der Waals surface area contributed by atoms with Crippen LogP contribution in [0.25, 0.3) is 10.9 Å². The van der Waals surface area contributed by atoms with Crippen molar-refractivity contribution < 1.29 is 0 Å². The summed E-state index contributed by atoms with van der Waals surface area (Å²) < 4.78 is 1.80. The Morgan fingerprint density at radius 2 is 1.71 bits per heavy atom. The highest BCUT2D eigenvalue weighted by Gasteiger charge is 2.53. The van der Waals surface area contributed by atoms with Crippen molar-refractivity contribution in [2.45, 2.75) is 51.5 Å². The normalized spacial score (nSPS) is 35.5. The molecule has 4 bridgehead atoms. The first-order chi connectivity index (χ1) is 11.6. The number of fused-ring (bicyclic) bond motifs is 1. The standard InChI is InChI=1S/C20H25N3O/c1-12(20-9-13-6-14(10-20)8-15(7-13)11-20)23-18(21)16-4-2-3-5-17(16)22-19(23)24/h2-5,12-15H,6-11,21H2,1H3/t12-,13?,14?,15?,20?/m1/s1. The van der Waals surface area contributed by atoms with E-state index in [0.717, 1.165) is 23.1 Å². The Morgan fingerprint density at radius 3 is 2.33 bits per heavy atom. The van der Waals surface area contributed by atoms with Gasteiger partial charge in [0.15, 0.2) is 0 Å². The average molecular weight is 323 g/mol. The number of nitrogen functional groups attached to an aromatic ring is 1. The molecule has 1 aromatic carbocycles. The van der Waals surface area contributed by atoms with Gasteiger partial charge in [-0.15, -0.1) is 0 Å². The van der Waals surface area contributed by atoms with Gasteiger partial charge in [0.05, 0.1) is 5.52 Å². The number of benzene rings is 1. The molecule has 4 heteroatoms. The highest BCUT2D eigenvalue weighted by Crippen LogP contribution is 2.63. The third-order valence-corrected chi connectivity index (χ3v) is 7.22. The van der Waals surface area contributed by atoms with E-state index in [0.29, 0.717) is 11.3 Å². The number of aromatic nitrogens is 2. The molecule has 4 aliphatic carbocycles. The second-order valence-corrected chi connectivity index (χ2v) is 8.62. The van der Waals surface area contributed by atoms with E-state index in [1.165, 1.54) is 38.5 Å². The molecule has 4 fully saturated rings. The third-order valence-electron chi connectivity index (χ3n) is 7.22. The second-order valence-electron chi connectivity index (χ2n) is 8.62. The minimum atomic E-state index is -0.186. The molecule has 0 spiro atoms. The minimum Gasteiger partial charge on any atom is -0.384 e. The Balaban J connectivity index is 1.64. The van der Waals surface area contributed by atoms with Crippen LogP contribution in [0.15, 0.2) is 29.1 Å². The molecule has 0 amide bonds. The molecule has 4 aliphatic rings. The van der Waals surface area contributed by atoms with E-state index in [2.05, 4.69) is 11.9 Å². The zero-order chi connectivity index (χ0) is 16.5. The molecule has 4 nitrogen and oxygen atoms in total. The van der Waals surface area contributed by atoms with Crippen LogP contribution in [0.1, 0.15) is 51.5 Å². The van der Waals surface area contributed by atoms with Crippen molar-refractivity contribution in [3.05, 3.63) is 34.7 Å². The Labute approximate surface area is 142 Å². The van der Waals surface area contributed by atoms with Crippen LogP contribution in [0.5, 0.6) is 0 Å². The van der Waals surface area contributed by atoms with E-state index in [-0.39, 0.29) is 17.1 Å². The molecule has 0 radical (unpaired) electrons. The summed E-state index contributed by atoms with van der Waals surface area (Å²) in [7, 11) is 0. The molecule has 126 valence electrons. The SMILES string of the molecule is C[C@@H](n1c(N)c2ccccc2nc1=O)C12CC3CC(CC(C3)C1)C2. The average Bonchev–Trinajstić information content (AvgIpc) is 2.53. The summed E-state index contributed by atoms with van der Waals surface area (Å²) in [5, 5.41) is 0.897. The van der Waals surface area contributed by atoms with E-state index in [4.69, 9.17) is 5.73 Å². The maximum absolute atomic E-state index is 12.8. The number of para-hydroxylation sites is 1. The van der Waals surface area contributed by atoms with Crippen LogP contribution in [0, 0.1) is 23.2 Å². The Kier molecular flexibility index (Phi) is 2.92. The van der Waals surface area contributed by atoms with E-state index in [1.807, 2.05) is 24.3 Å². The van der Waals surface area contributed by atoms with Crippen molar-refractivity contribution in [1.29, 1.82) is 0 Å². The van der Waals surface area contributed by atoms with Gasteiger partial charge in [0.1, 0.15) is 5.82 Å². The van der Waals surface area contributed by atoms with Crippen LogP contribution < -0.4 is 11.4 Å². The first kappa shape index (κ1) is 14.5. The van der Waals surface area contributed by atoms with Gasteiger partial charge in [-0.25, -0.2) is 4.79 Å². The largest absolute Gasteiger partial charge is 0.384 e. The molecule has 1 atom stereocenters. The molecule has 24 heavy (non-hydrogen) atoms. The van der Waals surface area contributed by atoms with Crippen molar-refractivity contribution in [1.82, 2.24) is 9.55 Å². The molecular formula is C20H25N3O. The van der Waals surface area contributed by atoms with Gasteiger partial charge < -0.3 is 5.73 Å². The topological polar surface area (TPSA) is 60.9 Å². The van der Waals surface area contributed by atoms with Crippen LogP contribution in [-0.2, 0) is 0 Å². The predicted octanol–water partition coefficient (Wildman–Crippen LogP) is 3.76. The van der Waals surface area contributed by atoms with Crippen molar-refractivity contribution in [3.63, 3.8) is 0 Å². The third kappa shape index (κ3) is 1.92. The summed E-state index contributed by atoms with van der Waals surface area (Å²) in [5.74, 6) is 3.19. The van der Waals surface area contributed by atoms with Gasteiger partial charge in [0.2, 0.25) is 0 Å². The molecule has 2 aromatic rings. The number of anilines is 1.